The van der Waals surface area contributed by atoms with Gasteiger partial charge in [-0.25, -0.2) is 9.18 Å². The standard InChI is InChI=1S/C15H19FN4O2/c1-15(2,3)22-14(21)19-9-5-6-11(16)10(7-9)13-12(17)8-18-20(13)4/h5-8H,17H2,1-4H3,(H,19,21). The van der Waals surface area contributed by atoms with Crippen LogP contribution in [0, 0.1) is 5.82 Å². The summed E-state index contributed by atoms with van der Waals surface area (Å²) in [5.41, 5.74) is 6.67. The third-order valence-electron chi connectivity index (χ3n) is 2.83. The highest BCUT2D eigenvalue weighted by Crippen LogP contribution is 2.30. The number of carbonyl (C=O) groups excluding carboxylic acids is 1. The second-order valence-electron chi connectivity index (χ2n) is 5.89. The van der Waals surface area contributed by atoms with Gasteiger partial charge in [-0.05, 0) is 39.0 Å². The summed E-state index contributed by atoms with van der Waals surface area (Å²) in [6.07, 6.45) is 0.839. The van der Waals surface area contributed by atoms with Crippen molar-refractivity contribution in [2.24, 2.45) is 7.05 Å². The summed E-state index contributed by atoms with van der Waals surface area (Å²) >= 11 is 0. The molecular formula is C15H19FN4O2. The number of aromatic nitrogens is 2. The number of aryl methyl sites for hydroxylation is 1. The third-order valence-corrected chi connectivity index (χ3v) is 2.83. The molecule has 22 heavy (non-hydrogen) atoms. The van der Waals surface area contributed by atoms with Gasteiger partial charge in [0, 0.05) is 18.3 Å². The number of carbonyl (C=O) groups is 1. The first kappa shape index (κ1) is 15.8. The predicted octanol–water partition coefficient (Wildman–Crippen LogP) is 3.16. The summed E-state index contributed by atoms with van der Waals surface area (Å²) in [6, 6.07) is 4.20. The lowest BCUT2D eigenvalue weighted by Gasteiger charge is -2.20. The molecule has 7 heteroatoms. The molecule has 2 rings (SSSR count). The Kier molecular flexibility index (Phi) is 4.07. The van der Waals surface area contributed by atoms with E-state index >= 15 is 0 Å². The maximum Gasteiger partial charge on any atom is 0.412 e. The van der Waals surface area contributed by atoms with Gasteiger partial charge in [0.15, 0.2) is 0 Å². The zero-order chi connectivity index (χ0) is 16.5. The van der Waals surface area contributed by atoms with Gasteiger partial charge in [-0.2, -0.15) is 5.10 Å². The Balaban J connectivity index is 2.30. The average molecular weight is 306 g/mol. The van der Waals surface area contributed by atoms with Gasteiger partial charge in [-0.3, -0.25) is 10.00 Å². The summed E-state index contributed by atoms with van der Waals surface area (Å²) in [7, 11) is 1.67. The van der Waals surface area contributed by atoms with E-state index < -0.39 is 17.5 Å². The van der Waals surface area contributed by atoms with Crippen LogP contribution >= 0.6 is 0 Å². The molecule has 0 radical (unpaired) electrons. The van der Waals surface area contributed by atoms with E-state index in [1.54, 1.807) is 27.8 Å². The second kappa shape index (κ2) is 5.67. The maximum atomic E-state index is 14.1. The Morgan fingerprint density at radius 2 is 2.09 bits per heavy atom. The van der Waals surface area contributed by atoms with Crippen molar-refractivity contribution >= 4 is 17.5 Å². The van der Waals surface area contributed by atoms with Crippen LogP contribution in [-0.2, 0) is 11.8 Å². The number of nitrogen functional groups attached to an aromatic ring is 1. The molecule has 0 atom stereocenters. The van der Waals surface area contributed by atoms with Gasteiger partial charge in [0.05, 0.1) is 17.6 Å². The predicted molar refractivity (Wildman–Crippen MR) is 82.9 cm³/mol. The number of nitrogens with zero attached hydrogens (tertiary/aromatic N) is 2. The van der Waals surface area contributed by atoms with Gasteiger partial charge in [0.2, 0.25) is 0 Å². The Morgan fingerprint density at radius 1 is 1.41 bits per heavy atom. The molecule has 2 aromatic rings. The fraction of sp³-hybridized carbons (Fsp3) is 0.333. The minimum atomic E-state index is -0.612. The summed E-state index contributed by atoms with van der Waals surface area (Å²) in [5.74, 6) is -0.454. The van der Waals surface area contributed by atoms with Crippen molar-refractivity contribution in [3.8, 4) is 11.3 Å². The van der Waals surface area contributed by atoms with E-state index in [2.05, 4.69) is 10.4 Å². The molecule has 0 aliphatic carbocycles. The van der Waals surface area contributed by atoms with E-state index in [0.717, 1.165) is 0 Å². The SMILES string of the molecule is Cn1ncc(N)c1-c1cc(NC(=O)OC(C)(C)C)ccc1F. The maximum absolute atomic E-state index is 14.1. The van der Waals surface area contributed by atoms with E-state index in [4.69, 9.17) is 10.5 Å². The molecule has 1 aromatic heterocycles. The molecule has 0 aliphatic rings. The summed E-state index contributed by atoms with van der Waals surface area (Å²) in [4.78, 5) is 11.8. The number of halogens is 1. The lowest BCUT2D eigenvalue weighted by Crippen LogP contribution is -2.27. The fourth-order valence-corrected chi connectivity index (χ4v) is 1.99. The number of hydrogen-bond acceptors (Lipinski definition) is 4. The van der Waals surface area contributed by atoms with E-state index in [1.807, 2.05) is 0 Å². The van der Waals surface area contributed by atoms with Crippen molar-refractivity contribution in [3.05, 3.63) is 30.2 Å². The summed E-state index contributed by atoms with van der Waals surface area (Å²) in [5, 5.41) is 6.55. The number of ether oxygens (including phenoxy) is 1. The molecule has 1 heterocycles. The number of amides is 1. The van der Waals surface area contributed by atoms with Crippen molar-refractivity contribution in [1.29, 1.82) is 0 Å². The van der Waals surface area contributed by atoms with Gasteiger partial charge in [-0.1, -0.05) is 0 Å². The minimum Gasteiger partial charge on any atom is -0.444 e. The Labute approximate surface area is 128 Å². The number of nitrogens with two attached hydrogens (primary N) is 1. The average Bonchev–Trinajstić information content (AvgIpc) is 2.69. The van der Waals surface area contributed by atoms with Gasteiger partial charge >= 0.3 is 6.09 Å². The van der Waals surface area contributed by atoms with E-state index in [-0.39, 0.29) is 5.56 Å². The quantitative estimate of drug-likeness (QED) is 0.893. The first-order valence-electron chi connectivity index (χ1n) is 6.75. The molecule has 0 spiro atoms. The minimum absolute atomic E-state index is 0.256. The molecule has 0 aliphatic heterocycles. The van der Waals surface area contributed by atoms with Crippen LogP contribution in [0.25, 0.3) is 11.3 Å². The van der Waals surface area contributed by atoms with Crippen molar-refractivity contribution < 1.29 is 13.9 Å². The molecule has 1 amide bonds. The van der Waals surface area contributed by atoms with Crippen LogP contribution in [0.5, 0.6) is 0 Å². The summed E-state index contributed by atoms with van der Waals surface area (Å²) in [6.45, 7) is 5.29. The van der Waals surface area contributed by atoms with Crippen LogP contribution in [0.1, 0.15) is 20.8 Å². The van der Waals surface area contributed by atoms with Crippen LogP contribution in [-0.4, -0.2) is 21.5 Å². The van der Waals surface area contributed by atoms with Gasteiger partial charge in [0.25, 0.3) is 0 Å². The Bertz CT molecular complexity index is 685. The normalized spacial score (nSPS) is 11.3. The Morgan fingerprint density at radius 3 is 2.64 bits per heavy atom. The smallest absolute Gasteiger partial charge is 0.412 e. The molecule has 6 nitrogen and oxygen atoms in total. The number of nitrogens with one attached hydrogen (secondary N) is 1. The van der Waals surface area contributed by atoms with Crippen molar-refractivity contribution in [2.45, 2.75) is 26.4 Å². The lowest BCUT2D eigenvalue weighted by atomic mass is 10.1. The van der Waals surface area contributed by atoms with E-state index in [9.17, 15) is 9.18 Å². The molecule has 0 unspecified atom stereocenters. The molecule has 3 N–H and O–H groups in total. The first-order chi connectivity index (χ1) is 10.2. The van der Waals surface area contributed by atoms with Crippen LogP contribution in [0.4, 0.5) is 20.6 Å². The Hall–Kier alpha value is -2.57. The van der Waals surface area contributed by atoms with Gasteiger partial charge in [-0.15, -0.1) is 0 Å². The van der Waals surface area contributed by atoms with Crippen LogP contribution in [0.2, 0.25) is 0 Å². The fourth-order valence-electron chi connectivity index (χ4n) is 1.99. The number of anilines is 2. The first-order valence-corrected chi connectivity index (χ1v) is 6.75. The van der Waals surface area contributed by atoms with Crippen LogP contribution < -0.4 is 11.1 Å². The number of rotatable bonds is 2. The molecule has 0 saturated carbocycles. The van der Waals surface area contributed by atoms with Crippen molar-refractivity contribution in [3.63, 3.8) is 0 Å². The monoisotopic (exact) mass is 306 g/mol. The highest BCUT2D eigenvalue weighted by atomic mass is 19.1. The van der Waals surface area contributed by atoms with E-state index in [1.165, 1.54) is 29.1 Å². The van der Waals surface area contributed by atoms with Crippen molar-refractivity contribution in [1.82, 2.24) is 9.78 Å². The van der Waals surface area contributed by atoms with Gasteiger partial charge < -0.3 is 10.5 Å². The highest BCUT2D eigenvalue weighted by Gasteiger charge is 2.18. The zero-order valence-corrected chi connectivity index (χ0v) is 13.0. The van der Waals surface area contributed by atoms with Crippen LogP contribution in [0.3, 0.4) is 0 Å². The molecule has 0 saturated heterocycles. The third kappa shape index (κ3) is 3.55. The number of benzene rings is 1. The van der Waals surface area contributed by atoms with E-state index in [0.29, 0.717) is 17.1 Å². The molecule has 118 valence electrons. The highest BCUT2D eigenvalue weighted by molar-refractivity contribution is 5.86. The lowest BCUT2D eigenvalue weighted by molar-refractivity contribution is 0.0636. The second-order valence-corrected chi connectivity index (χ2v) is 5.89. The van der Waals surface area contributed by atoms with Crippen molar-refractivity contribution in [2.75, 3.05) is 11.1 Å². The largest absolute Gasteiger partial charge is 0.444 e. The molecule has 0 bridgehead atoms. The molecule has 1 aromatic carbocycles. The topological polar surface area (TPSA) is 82.2 Å². The molecule has 0 fully saturated rings. The number of hydrogen-bond donors (Lipinski definition) is 2. The van der Waals surface area contributed by atoms with Gasteiger partial charge in [0.1, 0.15) is 11.4 Å². The molecular weight excluding hydrogens is 287 g/mol. The summed E-state index contributed by atoms with van der Waals surface area (Å²) < 4.78 is 20.7. The zero-order valence-electron chi connectivity index (χ0n) is 13.0. The van der Waals surface area contributed by atoms with Crippen LogP contribution in [0.15, 0.2) is 24.4 Å².